The first kappa shape index (κ1) is 15.4. The summed E-state index contributed by atoms with van der Waals surface area (Å²) in [6, 6.07) is 3.80. The summed E-state index contributed by atoms with van der Waals surface area (Å²) in [5, 5.41) is 3.40. The summed E-state index contributed by atoms with van der Waals surface area (Å²) in [6.07, 6.45) is 3.68. The number of halogens is 1. The van der Waals surface area contributed by atoms with E-state index in [4.69, 9.17) is 22.1 Å². The maximum atomic E-state index is 12.4. The van der Waals surface area contributed by atoms with E-state index in [9.17, 15) is 4.79 Å². The van der Waals surface area contributed by atoms with Crippen LogP contribution in [0.3, 0.4) is 0 Å². The molecule has 2 atom stereocenters. The van der Waals surface area contributed by atoms with E-state index in [-0.39, 0.29) is 5.91 Å². The molecule has 1 aromatic carbocycles. The van der Waals surface area contributed by atoms with Crippen LogP contribution in [0, 0.1) is 5.92 Å². The quantitative estimate of drug-likeness (QED) is 0.833. The normalized spacial score (nSPS) is 24.3. The fourth-order valence-electron chi connectivity index (χ4n) is 3.66. The van der Waals surface area contributed by atoms with E-state index in [2.05, 4.69) is 10.2 Å². The lowest BCUT2D eigenvalue weighted by atomic mass is 9.98. The number of nitrogens with zero attached hydrogens (tertiary/aromatic N) is 1. The molecule has 2 aliphatic heterocycles. The number of amides is 1. The van der Waals surface area contributed by atoms with E-state index >= 15 is 0 Å². The monoisotopic (exact) mass is 323 g/mol. The van der Waals surface area contributed by atoms with Gasteiger partial charge in [0.15, 0.2) is 0 Å². The van der Waals surface area contributed by atoms with Crippen LogP contribution in [0.5, 0.6) is 5.75 Å². The summed E-state index contributed by atoms with van der Waals surface area (Å²) in [5.74, 6) is 0.838. The topological polar surface area (TPSA) is 67.6 Å². The van der Waals surface area contributed by atoms with E-state index in [1.165, 1.54) is 26.5 Å². The summed E-state index contributed by atoms with van der Waals surface area (Å²) in [6.45, 7) is 3.06. The van der Waals surface area contributed by atoms with Crippen molar-refractivity contribution in [2.45, 2.75) is 25.3 Å². The third-order valence-corrected chi connectivity index (χ3v) is 5.16. The maximum Gasteiger partial charge on any atom is 0.255 e. The van der Waals surface area contributed by atoms with Gasteiger partial charge in [-0.05, 0) is 44.3 Å². The van der Waals surface area contributed by atoms with Crippen molar-refractivity contribution >= 4 is 23.2 Å². The summed E-state index contributed by atoms with van der Waals surface area (Å²) >= 11 is 6.02. The number of nitrogens with one attached hydrogen (secondary N) is 1. The molecule has 0 bridgehead atoms. The second-order valence-corrected chi connectivity index (χ2v) is 6.49. The average molecular weight is 324 g/mol. The Morgan fingerprint density at radius 1 is 1.45 bits per heavy atom. The maximum absolute atomic E-state index is 12.4. The molecule has 2 aliphatic rings. The van der Waals surface area contributed by atoms with Crippen molar-refractivity contribution in [1.82, 2.24) is 10.2 Å². The number of hydrogen-bond donors (Lipinski definition) is 2. The zero-order chi connectivity index (χ0) is 15.7. The van der Waals surface area contributed by atoms with Crippen LogP contribution in [0.15, 0.2) is 12.1 Å². The van der Waals surface area contributed by atoms with Crippen molar-refractivity contribution in [3.63, 3.8) is 0 Å². The van der Waals surface area contributed by atoms with Crippen LogP contribution < -0.4 is 15.8 Å². The molecule has 2 fully saturated rings. The first-order valence-electron chi connectivity index (χ1n) is 7.75. The Balaban J connectivity index is 1.66. The van der Waals surface area contributed by atoms with Crippen LogP contribution >= 0.6 is 11.6 Å². The highest BCUT2D eigenvalue weighted by atomic mass is 35.5. The average Bonchev–Trinajstić information content (AvgIpc) is 3.10. The minimum atomic E-state index is -0.157. The highest BCUT2D eigenvalue weighted by Crippen LogP contribution is 2.32. The fourth-order valence-corrected chi connectivity index (χ4v) is 3.82. The van der Waals surface area contributed by atoms with Crippen LogP contribution in [-0.2, 0) is 0 Å². The number of benzene rings is 1. The molecule has 0 unspecified atom stereocenters. The van der Waals surface area contributed by atoms with Gasteiger partial charge in [0.1, 0.15) is 5.75 Å². The summed E-state index contributed by atoms with van der Waals surface area (Å²) in [5.41, 5.74) is 6.59. The second kappa shape index (κ2) is 6.34. The molecule has 1 amide bonds. The van der Waals surface area contributed by atoms with Gasteiger partial charge in [0.05, 0.1) is 23.4 Å². The Morgan fingerprint density at radius 3 is 3.05 bits per heavy atom. The van der Waals surface area contributed by atoms with Gasteiger partial charge in [-0.25, -0.2) is 0 Å². The molecule has 0 saturated carbocycles. The van der Waals surface area contributed by atoms with Gasteiger partial charge in [-0.1, -0.05) is 11.6 Å². The second-order valence-electron chi connectivity index (χ2n) is 6.08. The van der Waals surface area contributed by atoms with Crippen molar-refractivity contribution < 1.29 is 9.53 Å². The van der Waals surface area contributed by atoms with Crippen LogP contribution in [0.25, 0.3) is 0 Å². The van der Waals surface area contributed by atoms with E-state index in [0.717, 1.165) is 13.0 Å². The number of ether oxygens (including phenoxy) is 1. The SMILES string of the molecule is COc1cc(N)c(Cl)cc1C(=O)NC[C@H]1CCN2CCC[C@H]12. The van der Waals surface area contributed by atoms with E-state index < -0.39 is 0 Å². The van der Waals surface area contributed by atoms with E-state index in [1.807, 2.05) is 0 Å². The third kappa shape index (κ3) is 2.88. The Hall–Kier alpha value is -1.46. The van der Waals surface area contributed by atoms with Crippen LogP contribution in [0.1, 0.15) is 29.6 Å². The lowest BCUT2D eigenvalue weighted by molar-refractivity contribution is 0.0941. The highest BCUT2D eigenvalue weighted by molar-refractivity contribution is 6.33. The highest BCUT2D eigenvalue weighted by Gasteiger charge is 2.37. The molecular formula is C16H22ClN3O2. The molecule has 3 N–H and O–H groups in total. The molecular weight excluding hydrogens is 302 g/mol. The van der Waals surface area contributed by atoms with Crippen LogP contribution in [0.2, 0.25) is 5.02 Å². The number of carbonyl (C=O) groups excluding carboxylic acids is 1. The first-order valence-corrected chi connectivity index (χ1v) is 8.13. The molecule has 2 heterocycles. The number of fused-ring (bicyclic) bond motifs is 1. The van der Waals surface area contributed by atoms with Crippen molar-refractivity contribution in [3.05, 3.63) is 22.7 Å². The number of carbonyl (C=O) groups is 1. The Morgan fingerprint density at radius 2 is 2.27 bits per heavy atom. The molecule has 0 radical (unpaired) electrons. The molecule has 22 heavy (non-hydrogen) atoms. The summed E-state index contributed by atoms with van der Waals surface area (Å²) in [4.78, 5) is 15.0. The number of anilines is 1. The largest absolute Gasteiger partial charge is 0.496 e. The molecule has 2 saturated heterocycles. The van der Waals surface area contributed by atoms with E-state index in [1.54, 1.807) is 12.1 Å². The lowest BCUT2D eigenvalue weighted by Gasteiger charge is -2.20. The van der Waals surface area contributed by atoms with Crippen molar-refractivity contribution in [1.29, 1.82) is 0 Å². The molecule has 6 heteroatoms. The molecule has 120 valence electrons. The number of nitrogen functional groups attached to an aromatic ring is 1. The zero-order valence-electron chi connectivity index (χ0n) is 12.8. The van der Waals surface area contributed by atoms with Gasteiger partial charge in [0, 0.05) is 18.7 Å². The predicted molar refractivity (Wildman–Crippen MR) is 87.5 cm³/mol. The van der Waals surface area contributed by atoms with Crippen molar-refractivity contribution in [2.75, 3.05) is 32.5 Å². The number of methoxy groups -OCH3 is 1. The van der Waals surface area contributed by atoms with Gasteiger partial charge in [-0.3, -0.25) is 4.79 Å². The van der Waals surface area contributed by atoms with Gasteiger partial charge in [-0.2, -0.15) is 0 Å². The number of nitrogens with two attached hydrogens (primary N) is 1. The third-order valence-electron chi connectivity index (χ3n) is 4.83. The fraction of sp³-hybridized carbons (Fsp3) is 0.562. The number of rotatable bonds is 4. The Kier molecular flexibility index (Phi) is 4.45. The molecule has 5 nitrogen and oxygen atoms in total. The minimum Gasteiger partial charge on any atom is -0.496 e. The van der Waals surface area contributed by atoms with Crippen molar-refractivity contribution in [2.24, 2.45) is 5.92 Å². The molecule has 0 aliphatic carbocycles. The van der Waals surface area contributed by atoms with Gasteiger partial charge in [-0.15, -0.1) is 0 Å². The zero-order valence-corrected chi connectivity index (χ0v) is 13.5. The Bertz CT molecular complexity index is 579. The lowest BCUT2D eigenvalue weighted by Crippen LogP contribution is -2.35. The summed E-state index contributed by atoms with van der Waals surface area (Å²) in [7, 11) is 1.52. The number of hydrogen-bond acceptors (Lipinski definition) is 4. The summed E-state index contributed by atoms with van der Waals surface area (Å²) < 4.78 is 5.24. The first-order chi connectivity index (χ1) is 10.6. The molecule has 0 aromatic heterocycles. The van der Waals surface area contributed by atoms with Gasteiger partial charge >= 0.3 is 0 Å². The molecule has 1 aromatic rings. The smallest absolute Gasteiger partial charge is 0.255 e. The van der Waals surface area contributed by atoms with Crippen LogP contribution in [0.4, 0.5) is 5.69 Å². The van der Waals surface area contributed by atoms with Gasteiger partial charge < -0.3 is 20.7 Å². The molecule has 3 rings (SSSR count). The van der Waals surface area contributed by atoms with Gasteiger partial charge in [0.2, 0.25) is 0 Å². The Labute approximate surface area is 135 Å². The molecule has 0 spiro atoms. The standard InChI is InChI=1S/C16H22ClN3O2/c1-22-15-8-13(18)12(17)7-11(15)16(21)19-9-10-4-6-20-5-2-3-14(10)20/h7-8,10,14H,2-6,9,18H2,1H3,(H,19,21)/t10-,14-/m1/s1. The van der Waals surface area contributed by atoms with Crippen LogP contribution in [-0.4, -0.2) is 43.6 Å². The van der Waals surface area contributed by atoms with Crippen molar-refractivity contribution in [3.8, 4) is 5.75 Å². The van der Waals surface area contributed by atoms with Gasteiger partial charge in [0.25, 0.3) is 5.91 Å². The predicted octanol–water partition coefficient (Wildman–Crippen LogP) is 2.14. The minimum absolute atomic E-state index is 0.157. The van der Waals surface area contributed by atoms with E-state index in [0.29, 0.717) is 40.5 Å².